The highest BCUT2D eigenvalue weighted by molar-refractivity contribution is 9.10. The molecule has 0 saturated carbocycles. The van der Waals surface area contributed by atoms with Gasteiger partial charge in [-0.15, -0.1) is 0 Å². The van der Waals surface area contributed by atoms with E-state index in [1.54, 1.807) is 18.2 Å². The summed E-state index contributed by atoms with van der Waals surface area (Å²) in [7, 11) is 0. The average Bonchev–Trinajstić information content (AvgIpc) is 2.17. The van der Waals surface area contributed by atoms with Crippen molar-refractivity contribution >= 4 is 38.7 Å². The Balaban J connectivity index is 2.73. The molecular weight excluding hydrogens is 281 g/mol. The Kier molecular flexibility index (Phi) is 4.29. The second-order valence-electron chi connectivity index (χ2n) is 3.01. The lowest BCUT2D eigenvalue weighted by Gasteiger charge is -2.09. The summed E-state index contributed by atoms with van der Waals surface area (Å²) in [5.41, 5.74) is 0.481. The van der Waals surface area contributed by atoms with Gasteiger partial charge in [-0.3, -0.25) is 9.59 Å². The summed E-state index contributed by atoms with van der Waals surface area (Å²) in [6, 6.07) is 6.20. The monoisotopic (exact) mass is 289 g/mol. The normalized spacial score (nSPS) is 11.9. The highest BCUT2D eigenvalue weighted by atomic mass is 79.9. The molecule has 0 aliphatic rings. The Labute approximate surface area is 101 Å². The van der Waals surface area contributed by atoms with E-state index in [0.29, 0.717) is 5.56 Å². The van der Waals surface area contributed by atoms with Crippen molar-refractivity contribution in [3.63, 3.8) is 0 Å². The maximum absolute atomic E-state index is 11.6. The topological polar surface area (TPSA) is 46.2 Å². The maximum Gasteiger partial charge on any atom is 0.251 e. The van der Waals surface area contributed by atoms with Crippen LogP contribution in [0.15, 0.2) is 28.7 Å². The number of carbonyl (C=O) groups excluding carboxylic acids is 2. The first-order chi connectivity index (χ1) is 7.00. The smallest absolute Gasteiger partial charge is 0.251 e. The van der Waals surface area contributed by atoms with Crippen LogP contribution in [0.5, 0.6) is 0 Å². The van der Waals surface area contributed by atoms with Gasteiger partial charge in [-0.25, -0.2) is 0 Å². The van der Waals surface area contributed by atoms with Crippen LogP contribution in [0.3, 0.4) is 0 Å². The van der Waals surface area contributed by atoms with Crippen molar-refractivity contribution in [1.82, 2.24) is 5.32 Å². The molecule has 3 nitrogen and oxygen atoms in total. The molecule has 80 valence electrons. The van der Waals surface area contributed by atoms with Gasteiger partial charge >= 0.3 is 0 Å². The molecule has 0 aliphatic heterocycles. The third kappa shape index (κ3) is 3.64. The Morgan fingerprint density at radius 1 is 1.47 bits per heavy atom. The minimum absolute atomic E-state index is 0.321. The van der Waals surface area contributed by atoms with Crippen LogP contribution in [0.4, 0.5) is 0 Å². The fraction of sp³-hybridized carbons (Fsp3) is 0.200. The molecule has 0 spiro atoms. The molecule has 0 radical (unpaired) electrons. The first kappa shape index (κ1) is 12.2. The summed E-state index contributed by atoms with van der Waals surface area (Å²) in [5.74, 6) is -0.321. The predicted molar refractivity (Wildman–Crippen MR) is 61.9 cm³/mol. The molecule has 0 fully saturated rings. The average molecular weight is 291 g/mol. The van der Waals surface area contributed by atoms with E-state index < -0.39 is 11.3 Å². The first-order valence-electron chi connectivity index (χ1n) is 4.26. The van der Waals surface area contributed by atoms with Crippen LogP contribution < -0.4 is 5.32 Å². The summed E-state index contributed by atoms with van der Waals surface area (Å²) >= 11 is 8.48. The molecule has 1 amide bonds. The Hall–Kier alpha value is -0.870. The first-order valence-corrected chi connectivity index (χ1v) is 5.43. The summed E-state index contributed by atoms with van der Waals surface area (Å²) in [6.45, 7) is 1.53. The van der Waals surface area contributed by atoms with E-state index >= 15 is 0 Å². The molecule has 1 aromatic carbocycles. The Morgan fingerprint density at radius 2 is 2.13 bits per heavy atom. The molecule has 0 heterocycles. The van der Waals surface area contributed by atoms with Crippen molar-refractivity contribution < 1.29 is 9.59 Å². The van der Waals surface area contributed by atoms with E-state index in [0.717, 1.165) is 4.47 Å². The van der Waals surface area contributed by atoms with Gasteiger partial charge in [0.2, 0.25) is 5.24 Å². The molecule has 15 heavy (non-hydrogen) atoms. The van der Waals surface area contributed by atoms with Crippen LogP contribution >= 0.6 is 27.5 Å². The standard InChI is InChI=1S/C10H9BrClNO2/c1-6(9(12)14)13-10(15)7-3-2-4-8(11)5-7/h2-6H,1H3,(H,13,15). The third-order valence-corrected chi connectivity index (χ3v) is 2.60. The number of amides is 1. The summed E-state index contributed by atoms with van der Waals surface area (Å²) in [6.07, 6.45) is 0. The molecule has 1 aromatic rings. The van der Waals surface area contributed by atoms with Gasteiger partial charge in [0.25, 0.3) is 5.91 Å². The molecule has 5 heteroatoms. The lowest BCUT2D eigenvalue weighted by molar-refractivity contribution is -0.113. The lowest BCUT2D eigenvalue weighted by Crippen LogP contribution is -2.36. The molecule has 1 unspecified atom stereocenters. The van der Waals surface area contributed by atoms with E-state index in [1.165, 1.54) is 6.92 Å². The number of carbonyl (C=O) groups is 2. The van der Waals surface area contributed by atoms with E-state index in [-0.39, 0.29) is 5.91 Å². The van der Waals surface area contributed by atoms with Crippen LogP contribution in [0.2, 0.25) is 0 Å². The van der Waals surface area contributed by atoms with Crippen molar-refractivity contribution in [2.75, 3.05) is 0 Å². The van der Waals surface area contributed by atoms with Crippen LogP contribution in [0.1, 0.15) is 17.3 Å². The van der Waals surface area contributed by atoms with Crippen molar-refractivity contribution in [1.29, 1.82) is 0 Å². The summed E-state index contributed by atoms with van der Waals surface area (Å²) in [4.78, 5) is 22.3. The van der Waals surface area contributed by atoms with Crippen molar-refractivity contribution in [2.45, 2.75) is 13.0 Å². The number of halogens is 2. The Morgan fingerprint density at radius 3 is 2.67 bits per heavy atom. The van der Waals surface area contributed by atoms with Gasteiger partial charge in [0.05, 0.1) is 0 Å². The van der Waals surface area contributed by atoms with Gasteiger partial charge in [0.15, 0.2) is 0 Å². The van der Waals surface area contributed by atoms with Gasteiger partial charge in [0, 0.05) is 10.0 Å². The number of benzene rings is 1. The minimum atomic E-state index is -0.682. The van der Waals surface area contributed by atoms with Crippen LogP contribution in [0.25, 0.3) is 0 Å². The molecule has 0 saturated heterocycles. The van der Waals surface area contributed by atoms with Crippen LogP contribution in [-0.4, -0.2) is 17.2 Å². The van der Waals surface area contributed by atoms with E-state index in [2.05, 4.69) is 21.2 Å². The van der Waals surface area contributed by atoms with E-state index in [9.17, 15) is 9.59 Å². The fourth-order valence-corrected chi connectivity index (χ4v) is 1.42. The minimum Gasteiger partial charge on any atom is -0.341 e. The predicted octanol–water partition coefficient (Wildman–Crippen LogP) is 2.33. The highest BCUT2D eigenvalue weighted by Gasteiger charge is 2.14. The zero-order chi connectivity index (χ0) is 11.4. The van der Waals surface area contributed by atoms with Gasteiger partial charge in [-0.05, 0) is 36.7 Å². The zero-order valence-corrected chi connectivity index (χ0v) is 10.3. The highest BCUT2D eigenvalue weighted by Crippen LogP contribution is 2.11. The molecule has 0 aliphatic carbocycles. The van der Waals surface area contributed by atoms with Gasteiger partial charge < -0.3 is 5.32 Å². The van der Waals surface area contributed by atoms with Crippen molar-refractivity contribution in [2.24, 2.45) is 0 Å². The number of nitrogens with one attached hydrogen (secondary N) is 1. The second kappa shape index (κ2) is 5.28. The number of rotatable bonds is 3. The Bertz CT molecular complexity index is 395. The maximum atomic E-state index is 11.6. The van der Waals surface area contributed by atoms with Crippen molar-refractivity contribution in [3.05, 3.63) is 34.3 Å². The van der Waals surface area contributed by atoms with Gasteiger partial charge in [-0.2, -0.15) is 0 Å². The molecule has 1 N–H and O–H groups in total. The molecule has 0 aromatic heterocycles. The SMILES string of the molecule is CC(NC(=O)c1cccc(Br)c1)C(=O)Cl. The number of hydrogen-bond acceptors (Lipinski definition) is 2. The summed E-state index contributed by atoms with van der Waals surface area (Å²) in [5, 5.41) is 1.90. The van der Waals surface area contributed by atoms with E-state index in [1.807, 2.05) is 6.07 Å². The molecular formula is C10H9BrClNO2. The lowest BCUT2D eigenvalue weighted by atomic mass is 10.2. The third-order valence-electron chi connectivity index (χ3n) is 1.77. The van der Waals surface area contributed by atoms with Crippen molar-refractivity contribution in [3.8, 4) is 0 Å². The van der Waals surface area contributed by atoms with Crippen LogP contribution in [0, 0.1) is 0 Å². The zero-order valence-electron chi connectivity index (χ0n) is 7.96. The van der Waals surface area contributed by atoms with E-state index in [4.69, 9.17) is 11.6 Å². The molecule has 1 atom stereocenters. The van der Waals surface area contributed by atoms with Gasteiger partial charge in [-0.1, -0.05) is 22.0 Å². The quantitative estimate of drug-likeness (QED) is 0.869. The van der Waals surface area contributed by atoms with Crippen LogP contribution in [-0.2, 0) is 4.79 Å². The fourth-order valence-electron chi connectivity index (χ4n) is 0.966. The second-order valence-corrected chi connectivity index (χ2v) is 4.30. The number of hydrogen-bond donors (Lipinski definition) is 1. The van der Waals surface area contributed by atoms with Gasteiger partial charge in [0.1, 0.15) is 6.04 Å². The largest absolute Gasteiger partial charge is 0.341 e. The molecule has 0 bridgehead atoms. The summed E-state index contributed by atoms with van der Waals surface area (Å²) < 4.78 is 0.806. The molecule has 1 rings (SSSR count).